The Kier molecular flexibility index (Phi) is 6.62. The zero-order valence-electron chi connectivity index (χ0n) is 18.9. The van der Waals surface area contributed by atoms with Crippen LogP contribution in [-0.2, 0) is 10.2 Å². The van der Waals surface area contributed by atoms with Crippen molar-refractivity contribution >= 4 is 17.5 Å². The number of rotatable bonds is 6. The molecule has 1 unspecified atom stereocenters. The third-order valence-electron chi connectivity index (χ3n) is 5.09. The largest absolute Gasteiger partial charge is 0.439 e. The van der Waals surface area contributed by atoms with Crippen LogP contribution in [-0.4, -0.2) is 28.0 Å². The van der Waals surface area contributed by atoms with E-state index in [1.54, 1.807) is 36.4 Å². The third-order valence-corrected chi connectivity index (χ3v) is 5.09. The molecule has 3 aromatic rings. The molecule has 1 atom stereocenters. The Morgan fingerprint density at radius 3 is 2.31 bits per heavy atom. The van der Waals surface area contributed by atoms with E-state index >= 15 is 0 Å². The predicted molar refractivity (Wildman–Crippen MR) is 122 cm³/mol. The average Bonchev–Trinajstić information content (AvgIpc) is 3.17. The van der Waals surface area contributed by atoms with Gasteiger partial charge in [0.1, 0.15) is 6.04 Å². The summed E-state index contributed by atoms with van der Waals surface area (Å²) in [4.78, 5) is 39.4. The van der Waals surface area contributed by atoms with Crippen molar-refractivity contribution in [1.82, 2.24) is 15.5 Å². The van der Waals surface area contributed by atoms with Crippen LogP contribution in [0.3, 0.4) is 0 Å². The fraction of sp³-hybridized carbons (Fsp3) is 0.333. The van der Waals surface area contributed by atoms with Gasteiger partial charge in [-0.2, -0.15) is 0 Å². The van der Waals surface area contributed by atoms with E-state index in [9.17, 15) is 14.4 Å². The molecule has 0 saturated heterocycles. The summed E-state index contributed by atoms with van der Waals surface area (Å²) in [5.41, 5.74) is 2.69. The second-order valence-electron chi connectivity index (χ2n) is 9.04. The Labute approximate surface area is 186 Å². The van der Waals surface area contributed by atoms with E-state index in [1.807, 2.05) is 26.0 Å². The van der Waals surface area contributed by atoms with Crippen molar-refractivity contribution in [2.45, 2.75) is 46.1 Å². The molecule has 1 heterocycles. The normalized spacial score (nSPS) is 12.4. The van der Waals surface area contributed by atoms with Gasteiger partial charge in [-0.15, -0.1) is 0 Å². The Morgan fingerprint density at radius 1 is 1.06 bits per heavy atom. The summed E-state index contributed by atoms with van der Waals surface area (Å²) in [7, 11) is 0. The zero-order chi connectivity index (χ0) is 23.5. The number of aromatic amines is 1. The lowest BCUT2D eigenvalue weighted by atomic mass is 9.86. The predicted octanol–water partition coefficient (Wildman–Crippen LogP) is 3.72. The van der Waals surface area contributed by atoms with Gasteiger partial charge >= 0.3 is 5.76 Å². The zero-order valence-corrected chi connectivity index (χ0v) is 18.9. The quantitative estimate of drug-likeness (QED) is 0.544. The summed E-state index contributed by atoms with van der Waals surface area (Å²) in [5.74, 6) is -1.19. The van der Waals surface area contributed by atoms with Crippen molar-refractivity contribution in [2.75, 3.05) is 5.32 Å². The number of hydrogen-bond donors (Lipinski definition) is 3. The van der Waals surface area contributed by atoms with Crippen LogP contribution in [0.5, 0.6) is 0 Å². The monoisotopic (exact) mass is 436 g/mol. The number of carbonyl (C=O) groups excluding carboxylic acids is 2. The number of hydrogen-bond acceptors (Lipinski definition) is 5. The van der Waals surface area contributed by atoms with E-state index in [1.165, 1.54) is 0 Å². The highest BCUT2D eigenvalue weighted by Crippen LogP contribution is 2.22. The SMILES string of the molecule is CC(C)C(NC(=O)c1ccc(C(C)(C)C)cc1)C(=O)Nc1cccc(-c2noc(=O)[nH]2)c1. The highest BCUT2D eigenvalue weighted by Gasteiger charge is 2.25. The molecule has 3 N–H and O–H groups in total. The van der Waals surface area contributed by atoms with Crippen LogP contribution in [0.2, 0.25) is 0 Å². The molecule has 8 nitrogen and oxygen atoms in total. The average molecular weight is 437 g/mol. The van der Waals surface area contributed by atoms with Gasteiger partial charge in [-0.3, -0.25) is 19.1 Å². The van der Waals surface area contributed by atoms with Crippen LogP contribution in [0, 0.1) is 5.92 Å². The molecule has 0 aliphatic heterocycles. The van der Waals surface area contributed by atoms with Crippen LogP contribution >= 0.6 is 0 Å². The van der Waals surface area contributed by atoms with Crippen molar-refractivity contribution < 1.29 is 14.1 Å². The van der Waals surface area contributed by atoms with Crippen molar-refractivity contribution in [3.63, 3.8) is 0 Å². The summed E-state index contributed by atoms with van der Waals surface area (Å²) >= 11 is 0. The van der Waals surface area contributed by atoms with Gasteiger partial charge in [-0.1, -0.05) is 64.0 Å². The van der Waals surface area contributed by atoms with Gasteiger partial charge in [0.25, 0.3) is 5.91 Å². The smallest absolute Gasteiger partial charge is 0.340 e. The van der Waals surface area contributed by atoms with E-state index < -0.39 is 11.8 Å². The Balaban J connectivity index is 1.72. The van der Waals surface area contributed by atoms with E-state index in [0.717, 1.165) is 5.56 Å². The molecule has 0 saturated carbocycles. The standard InChI is InChI=1S/C24H28N4O4/c1-14(2)19(26-21(29)15-9-11-17(12-10-15)24(3,4)5)22(30)25-18-8-6-7-16(13-18)20-27-23(31)32-28-20/h6-14,19H,1-5H3,(H,25,30)(H,26,29)(H,27,28,31). The van der Waals surface area contributed by atoms with E-state index in [-0.39, 0.29) is 29.0 Å². The minimum absolute atomic E-state index is 0.0110. The Morgan fingerprint density at radius 2 is 1.75 bits per heavy atom. The maximum absolute atomic E-state index is 12.9. The first kappa shape index (κ1) is 23.0. The molecular formula is C24H28N4O4. The van der Waals surface area contributed by atoms with E-state index in [0.29, 0.717) is 16.8 Å². The molecule has 2 amide bonds. The molecule has 0 bridgehead atoms. The van der Waals surface area contributed by atoms with Crippen molar-refractivity contribution in [2.24, 2.45) is 5.92 Å². The molecule has 0 radical (unpaired) electrons. The first-order valence-corrected chi connectivity index (χ1v) is 10.4. The van der Waals surface area contributed by atoms with Crippen molar-refractivity contribution in [3.8, 4) is 11.4 Å². The van der Waals surface area contributed by atoms with Gasteiger partial charge in [-0.05, 0) is 41.2 Å². The van der Waals surface area contributed by atoms with E-state index in [4.69, 9.17) is 0 Å². The molecular weight excluding hydrogens is 408 g/mol. The number of anilines is 1. The molecule has 2 aromatic carbocycles. The number of benzene rings is 2. The third kappa shape index (κ3) is 5.51. The first-order valence-electron chi connectivity index (χ1n) is 10.4. The van der Waals surface area contributed by atoms with Crippen LogP contribution in [0.1, 0.15) is 50.5 Å². The van der Waals surface area contributed by atoms with Crippen molar-refractivity contribution in [3.05, 3.63) is 70.2 Å². The van der Waals surface area contributed by atoms with Crippen LogP contribution in [0.4, 0.5) is 5.69 Å². The molecule has 0 aliphatic rings. The second kappa shape index (κ2) is 9.21. The minimum atomic E-state index is -0.736. The van der Waals surface area contributed by atoms with Gasteiger partial charge < -0.3 is 10.6 Å². The number of aromatic nitrogens is 2. The Hall–Kier alpha value is -3.68. The van der Waals surface area contributed by atoms with Crippen molar-refractivity contribution in [1.29, 1.82) is 0 Å². The number of amides is 2. The van der Waals surface area contributed by atoms with Gasteiger partial charge in [0.2, 0.25) is 5.91 Å². The van der Waals surface area contributed by atoms with Crippen LogP contribution < -0.4 is 16.4 Å². The van der Waals surface area contributed by atoms with Gasteiger partial charge in [0, 0.05) is 16.8 Å². The molecule has 0 fully saturated rings. The lowest BCUT2D eigenvalue weighted by molar-refractivity contribution is -0.118. The summed E-state index contributed by atoms with van der Waals surface area (Å²) in [6.07, 6.45) is 0. The van der Waals surface area contributed by atoms with Gasteiger partial charge in [0.05, 0.1) is 0 Å². The molecule has 0 spiro atoms. The van der Waals surface area contributed by atoms with Crippen LogP contribution in [0.25, 0.3) is 11.4 Å². The fourth-order valence-electron chi connectivity index (χ4n) is 3.20. The molecule has 32 heavy (non-hydrogen) atoms. The number of nitrogens with zero attached hydrogens (tertiary/aromatic N) is 1. The summed E-state index contributed by atoms with van der Waals surface area (Å²) in [6.45, 7) is 10.1. The molecule has 3 rings (SSSR count). The van der Waals surface area contributed by atoms with Gasteiger partial charge in [0.15, 0.2) is 5.82 Å². The van der Waals surface area contributed by atoms with Gasteiger partial charge in [-0.25, -0.2) is 4.79 Å². The van der Waals surface area contributed by atoms with Crippen LogP contribution in [0.15, 0.2) is 57.8 Å². The summed E-state index contributed by atoms with van der Waals surface area (Å²) in [5, 5.41) is 9.31. The van der Waals surface area contributed by atoms with E-state index in [2.05, 4.69) is 46.1 Å². The molecule has 168 valence electrons. The summed E-state index contributed by atoms with van der Waals surface area (Å²) < 4.78 is 4.53. The lowest BCUT2D eigenvalue weighted by Gasteiger charge is -2.22. The number of carbonyl (C=O) groups is 2. The maximum atomic E-state index is 12.9. The topological polar surface area (TPSA) is 117 Å². The maximum Gasteiger partial charge on any atom is 0.439 e. The minimum Gasteiger partial charge on any atom is -0.340 e. The number of nitrogens with one attached hydrogen (secondary N) is 3. The first-order chi connectivity index (χ1) is 15.0. The second-order valence-corrected chi connectivity index (χ2v) is 9.04. The summed E-state index contributed by atoms with van der Waals surface area (Å²) in [6, 6.07) is 13.5. The molecule has 8 heteroatoms. The highest BCUT2D eigenvalue weighted by atomic mass is 16.5. The fourth-order valence-corrected chi connectivity index (χ4v) is 3.20. The Bertz CT molecular complexity index is 1150. The molecule has 0 aliphatic carbocycles. The lowest BCUT2D eigenvalue weighted by Crippen LogP contribution is -2.47. The number of H-pyrrole nitrogens is 1. The highest BCUT2D eigenvalue weighted by molar-refractivity contribution is 6.01. The molecule has 1 aromatic heterocycles.